The number of pyridine rings is 1. The van der Waals surface area contributed by atoms with Crippen molar-refractivity contribution in [1.29, 1.82) is 5.41 Å². The number of hydrogen-bond donors (Lipinski definition) is 2. The summed E-state index contributed by atoms with van der Waals surface area (Å²) in [6.07, 6.45) is 3.51. The largest absolute Gasteiger partial charge is 0.384 e. The normalized spacial score (nSPS) is 10.5. The molecule has 0 radical (unpaired) electrons. The smallest absolute Gasteiger partial charge is 0.126 e. The lowest BCUT2D eigenvalue weighted by molar-refractivity contribution is 0.952. The zero-order chi connectivity index (χ0) is 9.42. The molecule has 13 heavy (non-hydrogen) atoms. The zero-order valence-electron chi connectivity index (χ0n) is 7.28. The van der Waals surface area contributed by atoms with E-state index in [-0.39, 0.29) is 5.84 Å². The molecule has 0 unspecified atom stereocenters. The zero-order valence-corrected chi connectivity index (χ0v) is 7.28. The number of aromatic nitrogens is 2. The molecule has 0 aliphatic rings. The van der Waals surface area contributed by atoms with E-state index in [0.29, 0.717) is 5.56 Å². The van der Waals surface area contributed by atoms with Crippen LogP contribution in [0.15, 0.2) is 24.5 Å². The van der Waals surface area contributed by atoms with Gasteiger partial charge in [-0.25, -0.2) is 4.52 Å². The molecule has 2 rings (SSSR count). The van der Waals surface area contributed by atoms with Crippen molar-refractivity contribution in [3.63, 3.8) is 0 Å². The number of nitrogens with zero attached hydrogens (tertiary/aromatic N) is 2. The van der Waals surface area contributed by atoms with E-state index in [4.69, 9.17) is 11.1 Å². The van der Waals surface area contributed by atoms with E-state index in [1.807, 2.05) is 25.3 Å². The SMILES string of the molecule is Cc1ccc2c(C(=N)N)cnn2c1. The predicted molar refractivity (Wildman–Crippen MR) is 50.9 cm³/mol. The molecule has 2 aromatic rings. The maximum absolute atomic E-state index is 7.31. The highest BCUT2D eigenvalue weighted by molar-refractivity contribution is 6.01. The number of nitrogens with one attached hydrogen (secondary N) is 1. The topological polar surface area (TPSA) is 67.2 Å². The van der Waals surface area contributed by atoms with Gasteiger partial charge in [0.15, 0.2) is 0 Å². The first-order valence-corrected chi connectivity index (χ1v) is 3.97. The van der Waals surface area contributed by atoms with Crippen molar-refractivity contribution in [2.75, 3.05) is 0 Å². The fraction of sp³-hybridized carbons (Fsp3) is 0.111. The van der Waals surface area contributed by atoms with Gasteiger partial charge in [0, 0.05) is 6.20 Å². The summed E-state index contributed by atoms with van der Waals surface area (Å²) >= 11 is 0. The average molecular weight is 174 g/mol. The maximum Gasteiger partial charge on any atom is 0.126 e. The Morgan fingerprint density at radius 2 is 2.31 bits per heavy atom. The lowest BCUT2D eigenvalue weighted by Gasteiger charge is -1.97. The van der Waals surface area contributed by atoms with Gasteiger partial charge in [0.2, 0.25) is 0 Å². The Morgan fingerprint density at radius 1 is 1.54 bits per heavy atom. The molecule has 3 N–H and O–H groups in total. The number of nitrogens with two attached hydrogens (primary N) is 1. The second-order valence-electron chi connectivity index (χ2n) is 3.01. The highest BCUT2D eigenvalue weighted by Crippen LogP contribution is 2.10. The third-order valence-corrected chi connectivity index (χ3v) is 1.95. The Balaban J connectivity index is 2.76. The second-order valence-corrected chi connectivity index (χ2v) is 3.01. The van der Waals surface area contributed by atoms with E-state index in [1.165, 1.54) is 0 Å². The number of fused-ring (bicyclic) bond motifs is 1. The highest BCUT2D eigenvalue weighted by atomic mass is 15.2. The fourth-order valence-electron chi connectivity index (χ4n) is 1.29. The second kappa shape index (κ2) is 2.58. The first-order chi connectivity index (χ1) is 6.18. The number of nitrogen functional groups attached to an aromatic ring is 1. The molecule has 0 atom stereocenters. The minimum absolute atomic E-state index is 0.0545. The summed E-state index contributed by atoms with van der Waals surface area (Å²) in [5.74, 6) is 0.0545. The highest BCUT2D eigenvalue weighted by Gasteiger charge is 2.05. The van der Waals surface area contributed by atoms with E-state index in [0.717, 1.165) is 11.1 Å². The van der Waals surface area contributed by atoms with Gasteiger partial charge in [-0.05, 0) is 18.6 Å². The monoisotopic (exact) mass is 174 g/mol. The minimum atomic E-state index is 0.0545. The first kappa shape index (κ1) is 7.79. The summed E-state index contributed by atoms with van der Waals surface area (Å²) in [4.78, 5) is 0. The fourth-order valence-corrected chi connectivity index (χ4v) is 1.29. The Hall–Kier alpha value is -1.84. The summed E-state index contributed by atoms with van der Waals surface area (Å²) < 4.78 is 1.73. The first-order valence-electron chi connectivity index (χ1n) is 3.97. The molecule has 4 heteroatoms. The molecule has 0 aliphatic carbocycles. The van der Waals surface area contributed by atoms with Crippen molar-refractivity contribution < 1.29 is 0 Å². The van der Waals surface area contributed by atoms with Crippen LogP contribution in [0.2, 0.25) is 0 Å². The summed E-state index contributed by atoms with van der Waals surface area (Å²) in [6, 6.07) is 3.89. The van der Waals surface area contributed by atoms with Crippen molar-refractivity contribution in [3.8, 4) is 0 Å². The van der Waals surface area contributed by atoms with E-state index in [2.05, 4.69) is 5.10 Å². The number of amidine groups is 1. The van der Waals surface area contributed by atoms with Crippen LogP contribution in [0.3, 0.4) is 0 Å². The third-order valence-electron chi connectivity index (χ3n) is 1.95. The Bertz CT molecular complexity index is 469. The maximum atomic E-state index is 7.31. The van der Waals surface area contributed by atoms with E-state index >= 15 is 0 Å². The summed E-state index contributed by atoms with van der Waals surface area (Å²) in [6.45, 7) is 1.99. The third kappa shape index (κ3) is 1.16. The van der Waals surface area contributed by atoms with Gasteiger partial charge in [-0.2, -0.15) is 5.10 Å². The van der Waals surface area contributed by atoms with Crippen molar-refractivity contribution in [2.45, 2.75) is 6.92 Å². The summed E-state index contributed by atoms with van der Waals surface area (Å²) in [7, 11) is 0. The van der Waals surface area contributed by atoms with Crippen molar-refractivity contribution in [2.24, 2.45) is 5.73 Å². The molecular formula is C9H10N4. The molecule has 0 saturated carbocycles. The van der Waals surface area contributed by atoms with Crippen molar-refractivity contribution >= 4 is 11.4 Å². The molecule has 66 valence electrons. The van der Waals surface area contributed by atoms with Gasteiger partial charge in [-0.3, -0.25) is 5.41 Å². The van der Waals surface area contributed by atoms with Crippen LogP contribution < -0.4 is 5.73 Å². The number of hydrogen-bond acceptors (Lipinski definition) is 2. The quantitative estimate of drug-likeness (QED) is 0.498. The minimum Gasteiger partial charge on any atom is -0.384 e. The van der Waals surface area contributed by atoms with Crippen LogP contribution in [-0.2, 0) is 0 Å². The van der Waals surface area contributed by atoms with Gasteiger partial charge >= 0.3 is 0 Å². The van der Waals surface area contributed by atoms with Gasteiger partial charge in [-0.15, -0.1) is 0 Å². The molecule has 0 aromatic carbocycles. The molecule has 4 nitrogen and oxygen atoms in total. The van der Waals surface area contributed by atoms with Crippen LogP contribution in [-0.4, -0.2) is 15.4 Å². The molecule has 0 amide bonds. The van der Waals surface area contributed by atoms with Gasteiger partial charge in [0.1, 0.15) is 5.84 Å². The number of aryl methyl sites for hydroxylation is 1. The number of rotatable bonds is 1. The van der Waals surface area contributed by atoms with Crippen LogP contribution in [0.4, 0.5) is 0 Å². The van der Waals surface area contributed by atoms with Crippen LogP contribution in [0.25, 0.3) is 5.52 Å². The average Bonchev–Trinajstić information content (AvgIpc) is 2.46. The Kier molecular flexibility index (Phi) is 1.55. The van der Waals surface area contributed by atoms with E-state index < -0.39 is 0 Å². The van der Waals surface area contributed by atoms with Gasteiger partial charge in [-0.1, -0.05) is 6.07 Å². The summed E-state index contributed by atoms with van der Waals surface area (Å²) in [5.41, 5.74) is 8.08. The standard InChI is InChI=1S/C9H10N4/c1-6-2-3-8-7(9(10)11)4-12-13(8)5-6/h2-5H,1H3,(H3,10,11). The van der Waals surface area contributed by atoms with Gasteiger partial charge in [0.25, 0.3) is 0 Å². The molecule has 0 spiro atoms. The predicted octanol–water partition coefficient (Wildman–Crippen LogP) is 0.927. The van der Waals surface area contributed by atoms with Crippen LogP contribution in [0.5, 0.6) is 0 Å². The van der Waals surface area contributed by atoms with Crippen LogP contribution >= 0.6 is 0 Å². The molecular weight excluding hydrogens is 164 g/mol. The molecule has 0 saturated heterocycles. The van der Waals surface area contributed by atoms with Crippen molar-refractivity contribution in [3.05, 3.63) is 35.7 Å². The van der Waals surface area contributed by atoms with Crippen LogP contribution in [0, 0.1) is 12.3 Å². The van der Waals surface area contributed by atoms with E-state index in [9.17, 15) is 0 Å². The molecule has 0 bridgehead atoms. The van der Waals surface area contributed by atoms with E-state index in [1.54, 1.807) is 10.7 Å². The molecule has 2 aromatic heterocycles. The molecule has 0 fully saturated rings. The summed E-state index contributed by atoms with van der Waals surface area (Å²) in [5, 5.41) is 11.4. The van der Waals surface area contributed by atoms with Crippen molar-refractivity contribution in [1.82, 2.24) is 9.61 Å². The van der Waals surface area contributed by atoms with Gasteiger partial charge < -0.3 is 5.73 Å². The molecule has 2 heterocycles. The Labute approximate surface area is 75.5 Å². The molecule has 0 aliphatic heterocycles. The lowest BCUT2D eigenvalue weighted by Crippen LogP contribution is -2.10. The Morgan fingerprint density at radius 3 is 3.00 bits per heavy atom. The lowest BCUT2D eigenvalue weighted by atomic mass is 10.2. The van der Waals surface area contributed by atoms with Gasteiger partial charge in [0.05, 0.1) is 17.3 Å². The van der Waals surface area contributed by atoms with Crippen LogP contribution in [0.1, 0.15) is 11.1 Å².